The normalized spacial score (nSPS) is 18.6. The Hall–Kier alpha value is -1.62. The summed E-state index contributed by atoms with van der Waals surface area (Å²) in [6.45, 7) is 0.798. The van der Waals surface area contributed by atoms with Gasteiger partial charge >= 0.3 is 5.97 Å². The molecule has 108 valence electrons. The zero-order chi connectivity index (χ0) is 14.3. The van der Waals surface area contributed by atoms with Crippen molar-refractivity contribution >= 4 is 17.6 Å². The average Bonchev–Trinajstić information content (AvgIpc) is 3.22. The second-order valence-electron chi connectivity index (χ2n) is 5.19. The minimum atomic E-state index is -0.897. The second-order valence-corrected chi connectivity index (χ2v) is 5.59. The summed E-state index contributed by atoms with van der Waals surface area (Å²) >= 11 is 6.02. The SMILES string of the molecule is O=C(O)CC(c1c(O)c(Cl)cc2c1OCCO2)C1CC1. The third-order valence-electron chi connectivity index (χ3n) is 3.75. The van der Waals surface area contributed by atoms with E-state index in [2.05, 4.69) is 0 Å². The monoisotopic (exact) mass is 298 g/mol. The predicted molar refractivity (Wildman–Crippen MR) is 71.8 cm³/mol. The van der Waals surface area contributed by atoms with Gasteiger partial charge in [-0.3, -0.25) is 4.79 Å². The molecule has 20 heavy (non-hydrogen) atoms. The summed E-state index contributed by atoms with van der Waals surface area (Å²) < 4.78 is 11.1. The molecule has 1 fully saturated rings. The molecule has 1 saturated carbocycles. The number of carboxylic acid groups (broad SMARTS) is 1. The van der Waals surface area contributed by atoms with Gasteiger partial charge in [-0.1, -0.05) is 11.6 Å². The molecule has 3 rings (SSSR count). The highest BCUT2D eigenvalue weighted by atomic mass is 35.5. The van der Waals surface area contributed by atoms with Crippen molar-refractivity contribution in [2.75, 3.05) is 13.2 Å². The van der Waals surface area contributed by atoms with Crippen LogP contribution in [-0.2, 0) is 4.79 Å². The number of carbonyl (C=O) groups is 1. The standard InChI is InChI=1S/C14H15ClO5/c15-9-6-10-14(20-4-3-19-10)12(13(9)18)8(5-11(16)17)7-1-2-7/h6-8,18H,1-5H2,(H,16,17). The van der Waals surface area contributed by atoms with Crippen molar-refractivity contribution in [2.24, 2.45) is 5.92 Å². The molecule has 1 aliphatic carbocycles. The highest BCUT2D eigenvalue weighted by Crippen LogP contribution is 2.54. The fraction of sp³-hybridized carbons (Fsp3) is 0.500. The van der Waals surface area contributed by atoms with Crippen LogP contribution in [0.25, 0.3) is 0 Å². The van der Waals surface area contributed by atoms with Gasteiger partial charge in [-0.25, -0.2) is 0 Å². The molecule has 1 atom stereocenters. The summed E-state index contributed by atoms with van der Waals surface area (Å²) in [6, 6.07) is 1.51. The van der Waals surface area contributed by atoms with E-state index in [0.717, 1.165) is 12.8 Å². The van der Waals surface area contributed by atoms with Crippen molar-refractivity contribution in [3.8, 4) is 17.2 Å². The Morgan fingerprint density at radius 1 is 1.40 bits per heavy atom. The molecule has 1 aromatic rings. The van der Waals surface area contributed by atoms with Gasteiger partial charge in [0.05, 0.1) is 11.4 Å². The van der Waals surface area contributed by atoms with E-state index in [1.54, 1.807) is 0 Å². The zero-order valence-electron chi connectivity index (χ0n) is 10.8. The Bertz CT molecular complexity index is 553. The van der Waals surface area contributed by atoms with Gasteiger partial charge in [0, 0.05) is 17.5 Å². The van der Waals surface area contributed by atoms with Gasteiger partial charge in [0.15, 0.2) is 11.5 Å². The average molecular weight is 299 g/mol. The van der Waals surface area contributed by atoms with Crippen LogP contribution in [0.15, 0.2) is 6.07 Å². The van der Waals surface area contributed by atoms with Gasteiger partial charge in [-0.2, -0.15) is 0 Å². The van der Waals surface area contributed by atoms with Crippen LogP contribution in [0, 0.1) is 5.92 Å². The largest absolute Gasteiger partial charge is 0.506 e. The molecule has 2 aliphatic rings. The topological polar surface area (TPSA) is 76.0 Å². The molecule has 6 heteroatoms. The zero-order valence-corrected chi connectivity index (χ0v) is 11.5. The summed E-state index contributed by atoms with van der Waals surface area (Å²) in [5, 5.41) is 19.5. The minimum Gasteiger partial charge on any atom is -0.506 e. The molecule has 5 nitrogen and oxygen atoms in total. The Labute approximate surface area is 121 Å². The van der Waals surface area contributed by atoms with E-state index in [4.69, 9.17) is 26.2 Å². The quantitative estimate of drug-likeness (QED) is 0.894. The Balaban J connectivity index is 2.09. The number of phenols is 1. The first-order valence-corrected chi connectivity index (χ1v) is 6.98. The molecule has 0 saturated heterocycles. The minimum absolute atomic E-state index is 0.0473. The van der Waals surface area contributed by atoms with Crippen LogP contribution in [-0.4, -0.2) is 29.4 Å². The van der Waals surface area contributed by atoms with Gasteiger partial charge in [0.2, 0.25) is 0 Å². The van der Waals surface area contributed by atoms with E-state index in [-0.39, 0.29) is 29.0 Å². The van der Waals surface area contributed by atoms with Crippen LogP contribution in [0.4, 0.5) is 0 Å². The van der Waals surface area contributed by atoms with E-state index in [9.17, 15) is 9.90 Å². The number of aromatic hydroxyl groups is 1. The lowest BCUT2D eigenvalue weighted by molar-refractivity contribution is -0.137. The molecule has 0 amide bonds. The van der Waals surface area contributed by atoms with Gasteiger partial charge in [0.1, 0.15) is 19.0 Å². The molecule has 0 bridgehead atoms. The third kappa shape index (κ3) is 2.38. The Morgan fingerprint density at radius 3 is 2.75 bits per heavy atom. The van der Waals surface area contributed by atoms with Crippen molar-refractivity contribution < 1.29 is 24.5 Å². The summed E-state index contributed by atoms with van der Waals surface area (Å²) in [5.41, 5.74) is 0.483. The van der Waals surface area contributed by atoms with Crippen molar-refractivity contribution in [1.82, 2.24) is 0 Å². The number of aliphatic carboxylic acids is 1. The molecular formula is C14H15ClO5. The van der Waals surface area contributed by atoms with Crippen molar-refractivity contribution in [3.05, 3.63) is 16.7 Å². The smallest absolute Gasteiger partial charge is 0.303 e. The lowest BCUT2D eigenvalue weighted by Crippen LogP contribution is -2.19. The molecule has 2 N–H and O–H groups in total. The first-order chi connectivity index (χ1) is 9.58. The predicted octanol–water partition coefficient (Wildman–Crippen LogP) is 2.79. The number of rotatable bonds is 4. The van der Waals surface area contributed by atoms with Crippen LogP contribution in [0.1, 0.15) is 30.7 Å². The molecule has 1 heterocycles. The van der Waals surface area contributed by atoms with Crippen LogP contribution >= 0.6 is 11.6 Å². The number of benzene rings is 1. The van der Waals surface area contributed by atoms with Gasteiger partial charge < -0.3 is 19.7 Å². The molecule has 1 aromatic carbocycles. The fourth-order valence-electron chi connectivity index (χ4n) is 2.70. The lowest BCUT2D eigenvalue weighted by atomic mass is 9.89. The Kier molecular flexibility index (Phi) is 3.38. The number of fused-ring (bicyclic) bond motifs is 1. The van der Waals surface area contributed by atoms with Crippen LogP contribution < -0.4 is 9.47 Å². The third-order valence-corrected chi connectivity index (χ3v) is 4.04. The molecule has 0 radical (unpaired) electrons. The number of ether oxygens (including phenoxy) is 2. The number of halogens is 1. The summed E-state index contributed by atoms with van der Waals surface area (Å²) in [5.74, 6) is -0.103. The van der Waals surface area contributed by atoms with Gasteiger partial charge in [0.25, 0.3) is 0 Å². The van der Waals surface area contributed by atoms with Gasteiger partial charge in [-0.15, -0.1) is 0 Å². The molecule has 0 spiro atoms. The van der Waals surface area contributed by atoms with Gasteiger partial charge in [-0.05, 0) is 18.8 Å². The first-order valence-electron chi connectivity index (χ1n) is 6.60. The lowest BCUT2D eigenvalue weighted by Gasteiger charge is -2.26. The van der Waals surface area contributed by atoms with Crippen LogP contribution in [0.3, 0.4) is 0 Å². The second kappa shape index (κ2) is 5.05. The molecule has 0 aromatic heterocycles. The van der Waals surface area contributed by atoms with Crippen LogP contribution in [0.5, 0.6) is 17.2 Å². The molecule has 1 aliphatic heterocycles. The summed E-state index contributed by atoms with van der Waals surface area (Å²) in [7, 11) is 0. The van der Waals surface area contributed by atoms with Crippen LogP contribution in [0.2, 0.25) is 5.02 Å². The maximum absolute atomic E-state index is 11.1. The summed E-state index contributed by atoms with van der Waals surface area (Å²) in [6.07, 6.45) is 1.87. The van der Waals surface area contributed by atoms with E-state index < -0.39 is 5.97 Å². The highest BCUT2D eigenvalue weighted by molar-refractivity contribution is 6.32. The van der Waals surface area contributed by atoms with Crippen molar-refractivity contribution in [3.63, 3.8) is 0 Å². The van der Waals surface area contributed by atoms with E-state index in [0.29, 0.717) is 30.3 Å². The number of hydrogen-bond acceptors (Lipinski definition) is 4. The fourth-order valence-corrected chi connectivity index (χ4v) is 2.91. The number of carboxylic acids is 1. The number of phenolic OH excluding ortho intramolecular Hbond substituents is 1. The van der Waals surface area contributed by atoms with E-state index in [1.807, 2.05) is 0 Å². The maximum atomic E-state index is 11.1. The van der Waals surface area contributed by atoms with Crippen molar-refractivity contribution in [2.45, 2.75) is 25.2 Å². The first kappa shape index (κ1) is 13.4. The van der Waals surface area contributed by atoms with Crippen molar-refractivity contribution in [1.29, 1.82) is 0 Å². The Morgan fingerprint density at radius 2 is 2.10 bits per heavy atom. The highest BCUT2D eigenvalue weighted by Gasteiger charge is 2.39. The summed E-state index contributed by atoms with van der Waals surface area (Å²) in [4.78, 5) is 11.1. The van der Waals surface area contributed by atoms with E-state index in [1.165, 1.54) is 6.07 Å². The maximum Gasteiger partial charge on any atom is 0.303 e. The van der Waals surface area contributed by atoms with E-state index >= 15 is 0 Å². The molecular weight excluding hydrogens is 284 g/mol. The number of hydrogen-bond donors (Lipinski definition) is 2. The molecule has 1 unspecified atom stereocenters.